The standard InChI is InChI=1S/C18H13Cl2FN6/c1-8-6-13(24-9(2)23-8)25-18-16-15(12(21)7-22-18)26-17(27-16)14-10(19)4-3-5-11(14)20/h3-7H,1-2H3,(H,26,27)(H,22,23,24,25). The summed E-state index contributed by atoms with van der Waals surface area (Å²) in [6, 6.07) is 6.88. The van der Waals surface area contributed by atoms with E-state index in [1.54, 1.807) is 31.2 Å². The number of aromatic nitrogens is 5. The predicted molar refractivity (Wildman–Crippen MR) is 104 cm³/mol. The Balaban J connectivity index is 1.86. The lowest BCUT2D eigenvalue weighted by molar-refractivity contribution is 0.632. The normalized spacial score (nSPS) is 11.1. The molecule has 3 heterocycles. The molecule has 0 radical (unpaired) electrons. The van der Waals surface area contributed by atoms with Crippen molar-refractivity contribution < 1.29 is 4.39 Å². The number of nitrogens with zero attached hydrogens (tertiary/aromatic N) is 4. The van der Waals surface area contributed by atoms with Crippen LogP contribution in [0.2, 0.25) is 10.0 Å². The summed E-state index contributed by atoms with van der Waals surface area (Å²) >= 11 is 12.5. The number of halogens is 3. The summed E-state index contributed by atoms with van der Waals surface area (Å²) in [6.07, 6.45) is 1.10. The molecule has 0 aliphatic carbocycles. The largest absolute Gasteiger partial charge is 0.335 e. The van der Waals surface area contributed by atoms with Gasteiger partial charge in [0.15, 0.2) is 11.6 Å². The molecule has 0 saturated carbocycles. The monoisotopic (exact) mass is 402 g/mol. The molecule has 4 aromatic rings. The maximum absolute atomic E-state index is 14.3. The van der Waals surface area contributed by atoms with Crippen LogP contribution in [-0.2, 0) is 0 Å². The number of fused-ring (bicyclic) bond motifs is 1. The number of rotatable bonds is 3. The smallest absolute Gasteiger partial charge is 0.169 e. The van der Waals surface area contributed by atoms with Crippen LogP contribution in [0, 0.1) is 19.7 Å². The summed E-state index contributed by atoms with van der Waals surface area (Å²) in [5.41, 5.74) is 1.81. The summed E-state index contributed by atoms with van der Waals surface area (Å²) < 4.78 is 14.3. The van der Waals surface area contributed by atoms with Gasteiger partial charge in [0.1, 0.15) is 28.5 Å². The Morgan fingerprint density at radius 2 is 1.81 bits per heavy atom. The molecule has 0 aliphatic heterocycles. The molecular weight excluding hydrogens is 390 g/mol. The Morgan fingerprint density at radius 3 is 2.52 bits per heavy atom. The zero-order valence-corrected chi connectivity index (χ0v) is 15.8. The topological polar surface area (TPSA) is 79.4 Å². The average Bonchev–Trinajstić information content (AvgIpc) is 3.02. The number of anilines is 2. The molecule has 136 valence electrons. The van der Waals surface area contributed by atoms with E-state index in [2.05, 4.69) is 30.2 Å². The Bertz CT molecular complexity index is 1130. The molecule has 9 heteroatoms. The van der Waals surface area contributed by atoms with Gasteiger partial charge in [-0.15, -0.1) is 0 Å². The zero-order valence-electron chi connectivity index (χ0n) is 14.3. The molecule has 0 saturated heterocycles. The number of aryl methyl sites for hydroxylation is 2. The minimum atomic E-state index is -0.559. The van der Waals surface area contributed by atoms with Crippen molar-refractivity contribution in [2.24, 2.45) is 0 Å². The highest BCUT2D eigenvalue weighted by atomic mass is 35.5. The molecule has 0 bridgehead atoms. The number of aromatic amines is 1. The van der Waals surface area contributed by atoms with Gasteiger partial charge in [-0.3, -0.25) is 0 Å². The highest BCUT2D eigenvalue weighted by Crippen LogP contribution is 2.35. The second-order valence-corrected chi connectivity index (χ2v) is 6.74. The fraction of sp³-hybridized carbons (Fsp3) is 0.111. The molecule has 3 aromatic heterocycles. The van der Waals surface area contributed by atoms with Crippen molar-refractivity contribution >= 4 is 45.9 Å². The van der Waals surface area contributed by atoms with Gasteiger partial charge in [-0.25, -0.2) is 24.3 Å². The number of H-pyrrole nitrogens is 1. The van der Waals surface area contributed by atoms with Gasteiger partial charge in [-0.2, -0.15) is 0 Å². The Hall–Kier alpha value is -2.77. The molecule has 0 atom stereocenters. The van der Waals surface area contributed by atoms with Crippen LogP contribution in [0.25, 0.3) is 22.4 Å². The molecular formula is C18H13Cl2FN6. The van der Waals surface area contributed by atoms with Gasteiger partial charge in [-0.05, 0) is 26.0 Å². The summed E-state index contributed by atoms with van der Waals surface area (Å²) in [4.78, 5) is 20.1. The van der Waals surface area contributed by atoms with E-state index in [9.17, 15) is 4.39 Å². The zero-order chi connectivity index (χ0) is 19.1. The van der Waals surface area contributed by atoms with Gasteiger partial charge in [0.2, 0.25) is 0 Å². The molecule has 0 unspecified atom stereocenters. The van der Waals surface area contributed by atoms with Crippen molar-refractivity contribution in [3.05, 3.63) is 57.8 Å². The minimum Gasteiger partial charge on any atom is -0.335 e. The molecule has 0 aliphatic rings. The molecule has 0 amide bonds. The summed E-state index contributed by atoms with van der Waals surface area (Å²) in [6.45, 7) is 3.65. The van der Waals surface area contributed by atoms with Crippen molar-refractivity contribution in [3.63, 3.8) is 0 Å². The van der Waals surface area contributed by atoms with E-state index in [0.717, 1.165) is 11.9 Å². The first-order valence-corrected chi connectivity index (χ1v) is 8.76. The molecule has 4 rings (SSSR count). The number of pyridine rings is 1. The van der Waals surface area contributed by atoms with Crippen LogP contribution in [0.5, 0.6) is 0 Å². The van der Waals surface area contributed by atoms with Crippen LogP contribution in [0.1, 0.15) is 11.5 Å². The van der Waals surface area contributed by atoms with Crippen molar-refractivity contribution in [1.82, 2.24) is 24.9 Å². The Morgan fingerprint density at radius 1 is 1.07 bits per heavy atom. The number of hydrogen-bond donors (Lipinski definition) is 2. The maximum Gasteiger partial charge on any atom is 0.169 e. The number of benzene rings is 1. The van der Waals surface area contributed by atoms with Crippen molar-refractivity contribution in [1.29, 1.82) is 0 Å². The van der Waals surface area contributed by atoms with Gasteiger partial charge >= 0.3 is 0 Å². The first kappa shape index (κ1) is 17.6. The van der Waals surface area contributed by atoms with E-state index in [-0.39, 0.29) is 5.52 Å². The fourth-order valence-corrected chi connectivity index (χ4v) is 3.38. The SMILES string of the molecule is Cc1cc(Nc2ncc(F)c3nc(-c4c(Cl)cccc4Cl)[nH]c23)nc(C)n1. The molecule has 27 heavy (non-hydrogen) atoms. The maximum atomic E-state index is 14.3. The molecule has 1 aromatic carbocycles. The van der Waals surface area contributed by atoms with Crippen LogP contribution in [0.4, 0.5) is 16.0 Å². The number of hydrogen-bond acceptors (Lipinski definition) is 5. The third-order valence-electron chi connectivity index (χ3n) is 3.89. The summed E-state index contributed by atoms with van der Waals surface area (Å²) in [5.74, 6) is 1.34. The average molecular weight is 403 g/mol. The molecule has 0 spiro atoms. The third-order valence-corrected chi connectivity index (χ3v) is 4.52. The van der Waals surface area contributed by atoms with Gasteiger partial charge in [0.05, 0.1) is 21.8 Å². The lowest BCUT2D eigenvalue weighted by Gasteiger charge is -2.07. The van der Waals surface area contributed by atoms with Crippen LogP contribution in [0.15, 0.2) is 30.5 Å². The minimum absolute atomic E-state index is 0.126. The van der Waals surface area contributed by atoms with Gasteiger partial charge < -0.3 is 10.3 Å². The number of nitrogens with one attached hydrogen (secondary N) is 2. The predicted octanol–water partition coefficient (Wildman–Crippen LogP) is 5.22. The second-order valence-electron chi connectivity index (χ2n) is 5.93. The third kappa shape index (κ3) is 3.31. The van der Waals surface area contributed by atoms with E-state index in [0.29, 0.717) is 44.4 Å². The fourth-order valence-electron chi connectivity index (χ4n) is 2.80. The summed E-state index contributed by atoms with van der Waals surface area (Å²) in [7, 11) is 0. The first-order valence-electron chi connectivity index (χ1n) is 8.00. The molecule has 0 fully saturated rings. The van der Waals surface area contributed by atoms with E-state index < -0.39 is 5.82 Å². The van der Waals surface area contributed by atoms with Gasteiger partial charge in [0.25, 0.3) is 0 Å². The first-order chi connectivity index (χ1) is 12.9. The Labute approximate surface area is 163 Å². The van der Waals surface area contributed by atoms with Gasteiger partial charge in [0, 0.05) is 11.8 Å². The van der Waals surface area contributed by atoms with Crippen LogP contribution in [-0.4, -0.2) is 24.9 Å². The van der Waals surface area contributed by atoms with Crippen molar-refractivity contribution in [2.45, 2.75) is 13.8 Å². The highest BCUT2D eigenvalue weighted by Gasteiger charge is 2.18. The highest BCUT2D eigenvalue weighted by molar-refractivity contribution is 6.39. The lowest BCUT2D eigenvalue weighted by atomic mass is 10.2. The van der Waals surface area contributed by atoms with Crippen molar-refractivity contribution in [2.75, 3.05) is 5.32 Å². The van der Waals surface area contributed by atoms with E-state index >= 15 is 0 Å². The second kappa shape index (κ2) is 6.75. The van der Waals surface area contributed by atoms with Crippen LogP contribution in [0.3, 0.4) is 0 Å². The van der Waals surface area contributed by atoms with E-state index in [1.165, 1.54) is 0 Å². The quantitative estimate of drug-likeness (QED) is 0.490. The Kier molecular flexibility index (Phi) is 4.41. The lowest BCUT2D eigenvalue weighted by Crippen LogP contribution is -2.01. The van der Waals surface area contributed by atoms with E-state index in [4.69, 9.17) is 23.2 Å². The summed E-state index contributed by atoms with van der Waals surface area (Å²) in [5, 5.41) is 3.90. The molecule has 6 nitrogen and oxygen atoms in total. The van der Waals surface area contributed by atoms with Crippen LogP contribution >= 0.6 is 23.2 Å². The van der Waals surface area contributed by atoms with Crippen LogP contribution < -0.4 is 5.32 Å². The van der Waals surface area contributed by atoms with Crippen molar-refractivity contribution in [3.8, 4) is 11.4 Å². The number of imidazole rings is 1. The van der Waals surface area contributed by atoms with Gasteiger partial charge in [-0.1, -0.05) is 29.3 Å². The van der Waals surface area contributed by atoms with E-state index in [1.807, 2.05) is 6.92 Å². The molecule has 2 N–H and O–H groups in total.